The molecular weight excluding hydrogens is 272 g/mol. The van der Waals surface area contributed by atoms with E-state index in [0.29, 0.717) is 16.9 Å². The summed E-state index contributed by atoms with van der Waals surface area (Å²) in [5.41, 5.74) is 7.09. The van der Waals surface area contributed by atoms with Gasteiger partial charge in [0.15, 0.2) is 9.84 Å². The van der Waals surface area contributed by atoms with Crippen LogP contribution in [0.1, 0.15) is 31.2 Å². The highest BCUT2D eigenvalue weighted by molar-refractivity contribution is 7.90. The SMILES string of the molecule is CS(=O)(=O)c1ccc(CNCC2CCCC(N)C2)cc1. The first-order chi connectivity index (χ1) is 9.45. The van der Waals surface area contributed by atoms with Gasteiger partial charge in [0.05, 0.1) is 4.90 Å². The van der Waals surface area contributed by atoms with Gasteiger partial charge in [0.25, 0.3) is 0 Å². The lowest BCUT2D eigenvalue weighted by atomic mass is 9.86. The number of nitrogens with one attached hydrogen (secondary N) is 1. The maximum Gasteiger partial charge on any atom is 0.175 e. The van der Waals surface area contributed by atoms with Crippen LogP contribution in [0.3, 0.4) is 0 Å². The van der Waals surface area contributed by atoms with Crippen LogP contribution >= 0.6 is 0 Å². The highest BCUT2D eigenvalue weighted by Crippen LogP contribution is 2.22. The van der Waals surface area contributed by atoms with Gasteiger partial charge in [-0.2, -0.15) is 0 Å². The predicted octanol–water partition coefficient (Wildman–Crippen LogP) is 1.70. The van der Waals surface area contributed by atoms with Gasteiger partial charge in [-0.1, -0.05) is 18.6 Å². The van der Waals surface area contributed by atoms with E-state index in [1.54, 1.807) is 12.1 Å². The number of nitrogens with two attached hydrogens (primary N) is 1. The number of rotatable bonds is 5. The average molecular weight is 296 g/mol. The van der Waals surface area contributed by atoms with Crippen LogP contribution in [0.4, 0.5) is 0 Å². The monoisotopic (exact) mass is 296 g/mol. The van der Waals surface area contributed by atoms with Gasteiger partial charge in [-0.15, -0.1) is 0 Å². The minimum Gasteiger partial charge on any atom is -0.328 e. The zero-order chi connectivity index (χ0) is 14.6. The van der Waals surface area contributed by atoms with Gasteiger partial charge in [0.2, 0.25) is 0 Å². The summed E-state index contributed by atoms with van der Waals surface area (Å²) in [7, 11) is -3.10. The van der Waals surface area contributed by atoms with Crippen molar-refractivity contribution in [2.45, 2.75) is 43.2 Å². The van der Waals surface area contributed by atoms with E-state index in [9.17, 15) is 8.42 Å². The molecule has 2 atom stereocenters. The molecule has 20 heavy (non-hydrogen) atoms. The summed E-state index contributed by atoms with van der Waals surface area (Å²) in [6.07, 6.45) is 5.99. The minimum atomic E-state index is -3.10. The quantitative estimate of drug-likeness (QED) is 0.867. The third-order valence-electron chi connectivity index (χ3n) is 3.94. The molecule has 1 aliphatic rings. The van der Waals surface area contributed by atoms with E-state index in [0.717, 1.165) is 31.5 Å². The van der Waals surface area contributed by atoms with Gasteiger partial charge >= 0.3 is 0 Å². The third kappa shape index (κ3) is 4.58. The van der Waals surface area contributed by atoms with E-state index in [2.05, 4.69) is 5.32 Å². The Bertz CT molecular complexity index is 525. The van der Waals surface area contributed by atoms with Crippen molar-refractivity contribution in [1.82, 2.24) is 5.32 Å². The number of hydrogen-bond acceptors (Lipinski definition) is 4. The van der Waals surface area contributed by atoms with Crippen LogP contribution in [0, 0.1) is 5.92 Å². The molecule has 0 amide bonds. The van der Waals surface area contributed by atoms with Gasteiger partial charge in [-0.25, -0.2) is 8.42 Å². The minimum absolute atomic E-state index is 0.365. The molecule has 1 fully saturated rings. The fourth-order valence-electron chi connectivity index (χ4n) is 2.79. The third-order valence-corrected chi connectivity index (χ3v) is 5.07. The van der Waals surface area contributed by atoms with Crippen molar-refractivity contribution in [2.24, 2.45) is 11.7 Å². The Morgan fingerprint density at radius 1 is 1.25 bits per heavy atom. The Hall–Kier alpha value is -0.910. The Morgan fingerprint density at radius 3 is 2.55 bits per heavy atom. The van der Waals surface area contributed by atoms with Crippen molar-refractivity contribution >= 4 is 9.84 Å². The summed E-state index contributed by atoms with van der Waals surface area (Å²) >= 11 is 0. The van der Waals surface area contributed by atoms with Gasteiger partial charge in [0.1, 0.15) is 0 Å². The van der Waals surface area contributed by atoms with Gasteiger partial charge in [0, 0.05) is 18.8 Å². The molecule has 0 aliphatic heterocycles. The first-order valence-electron chi connectivity index (χ1n) is 7.20. The molecule has 0 bridgehead atoms. The Balaban J connectivity index is 1.79. The standard InChI is InChI=1S/C15H24N2O2S/c1-20(18,19)15-7-5-12(6-8-15)10-17-11-13-3-2-4-14(16)9-13/h5-8,13-14,17H,2-4,9-11,16H2,1H3. The fraction of sp³-hybridized carbons (Fsp3) is 0.600. The zero-order valence-electron chi connectivity index (χ0n) is 12.0. The van der Waals surface area contributed by atoms with E-state index in [1.807, 2.05) is 12.1 Å². The molecule has 4 nitrogen and oxygen atoms in total. The van der Waals surface area contributed by atoms with Gasteiger partial charge < -0.3 is 11.1 Å². The van der Waals surface area contributed by atoms with E-state index in [1.165, 1.54) is 19.1 Å². The molecule has 0 aromatic heterocycles. The Morgan fingerprint density at radius 2 is 1.95 bits per heavy atom. The average Bonchev–Trinajstić information content (AvgIpc) is 2.38. The zero-order valence-corrected chi connectivity index (χ0v) is 12.8. The van der Waals surface area contributed by atoms with Gasteiger partial charge in [-0.05, 0) is 49.4 Å². The van der Waals surface area contributed by atoms with Crippen molar-refractivity contribution in [3.8, 4) is 0 Å². The lowest BCUT2D eigenvalue weighted by molar-refractivity contribution is 0.310. The molecule has 2 rings (SSSR count). The fourth-order valence-corrected chi connectivity index (χ4v) is 3.42. The van der Waals surface area contributed by atoms with Crippen LogP contribution in [-0.4, -0.2) is 27.3 Å². The molecule has 112 valence electrons. The van der Waals surface area contributed by atoms with Crippen molar-refractivity contribution in [3.63, 3.8) is 0 Å². The summed E-state index contributed by atoms with van der Waals surface area (Å²) in [6, 6.07) is 7.45. The maximum absolute atomic E-state index is 11.4. The molecule has 5 heteroatoms. The molecule has 1 aromatic rings. The summed E-state index contributed by atoms with van der Waals surface area (Å²) < 4.78 is 22.7. The molecule has 1 aliphatic carbocycles. The van der Waals surface area contributed by atoms with Crippen LogP contribution < -0.4 is 11.1 Å². The first-order valence-corrected chi connectivity index (χ1v) is 9.09. The van der Waals surface area contributed by atoms with E-state index >= 15 is 0 Å². The molecule has 0 spiro atoms. The number of hydrogen-bond donors (Lipinski definition) is 2. The molecule has 3 N–H and O–H groups in total. The summed E-state index contributed by atoms with van der Waals surface area (Å²) in [5, 5.41) is 3.45. The summed E-state index contributed by atoms with van der Waals surface area (Å²) in [6.45, 7) is 1.76. The lowest BCUT2D eigenvalue weighted by Gasteiger charge is -2.26. The summed E-state index contributed by atoms with van der Waals surface area (Å²) in [5.74, 6) is 0.675. The highest BCUT2D eigenvalue weighted by Gasteiger charge is 2.18. The molecule has 1 saturated carbocycles. The second-order valence-corrected chi connectivity index (χ2v) is 7.86. The van der Waals surface area contributed by atoms with Crippen molar-refractivity contribution in [3.05, 3.63) is 29.8 Å². The molecule has 0 heterocycles. The van der Waals surface area contributed by atoms with Crippen LogP contribution in [0.15, 0.2) is 29.2 Å². The van der Waals surface area contributed by atoms with Gasteiger partial charge in [-0.3, -0.25) is 0 Å². The molecule has 2 unspecified atom stereocenters. The second-order valence-electron chi connectivity index (χ2n) is 5.84. The molecular formula is C15H24N2O2S. The van der Waals surface area contributed by atoms with Crippen LogP contribution in [0.25, 0.3) is 0 Å². The highest BCUT2D eigenvalue weighted by atomic mass is 32.2. The largest absolute Gasteiger partial charge is 0.328 e. The van der Waals surface area contributed by atoms with Crippen molar-refractivity contribution in [2.75, 3.05) is 12.8 Å². The van der Waals surface area contributed by atoms with Crippen molar-refractivity contribution < 1.29 is 8.42 Å². The predicted molar refractivity (Wildman–Crippen MR) is 81.2 cm³/mol. The molecule has 0 radical (unpaired) electrons. The Labute approximate surface area is 121 Å². The van der Waals surface area contributed by atoms with Crippen LogP contribution in [-0.2, 0) is 16.4 Å². The maximum atomic E-state index is 11.4. The number of sulfone groups is 1. The topological polar surface area (TPSA) is 72.2 Å². The van der Waals surface area contributed by atoms with E-state index < -0.39 is 9.84 Å². The summed E-state index contributed by atoms with van der Waals surface area (Å²) in [4.78, 5) is 0.375. The Kier molecular flexibility index (Phi) is 5.18. The first kappa shape index (κ1) is 15.5. The van der Waals surface area contributed by atoms with E-state index in [4.69, 9.17) is 5.73 Å². The number of benzene rings is 1. The normalized spacial score (nSPS) is 23.7. The molecule has 1 aromatic carbocycles. The van der Waals surface area contributed by atoms with Crippen LogP contribution in [0.2, 0.25) is 0 Å². The van der Waals surface area contributed by atoms with Crippen LogP contribution in [0.5, 0.6) is 0 Å². The second kappa shape index (κ2) is 6.70. The van der Waals surface area contributed by atoms with E-state index in [-0.39, 0.29) is 0 Å². The smallest absolute Gasteiger partial charge is 0.175 e. The van der Waals surface area contributed by atoms with Crippen molar-refractivity contribution in [1.29, 1.82) is 0 Å². The molecule has 0 saturated heterocycles. The lowest BCUT2D eigenvalue weighted by Crippen LogP contribution is -2.33.